The maximum Gasteiger partial charge on any atom is 0.166 e. The molecule has 5 heteroatoms. The van der Waals surface area contributed by atoms with E-state index < -0.39 is 0 Å². The SMILES string of the molecule is CO/C=C\c1cc(F)ccc1OCC(C)(C)C1OCCO1. The lowest BCUT2D eigenvalue weighted by molar-refractivity contribution is -0.131. The largest absolute Gasteiger partial charge is 0.504 e. The van der Waals surface area contributed by atoms with Gasteiger partial charge >= 0.3 is 0 Å². The van der Waals surface area contributed by atoms with Crippen LogP contribution in [0.5, 0.6) is 5.75 Å². The summed E-state index contributed by atoms with van der Waals surface area (Å²) in [6.45, 7) is 5.63. The fourth-order valence-electron chi connectivity index (χ4n) is 2.06. The predicted molar refractivity (Wildman–Crippen MR) is 77.4 cm³/mol. The Bertz CT molecular complexity index is 493. The summed E-state index contributed by atoms with van der Waals surface area (Å²) in [4.78, 5) is 0. The summed E-state index contributed by atoms with van der Waals surface area (Å²) < 4.78 is 35.1. The number of halogens is 1. The van der Waals surface area contributed by atoms with E-state index in [0.29, 0.717) is 31.1 Å². The van der Waals surface area contributed by atoms with Crippen LogP contribution in [0.2, 0.25) is 0 Å². The van der Waals surface area contributed by atoms with Gasteiger partial charge in [0.1, 0.15) is 11.6 Å². The van der Waals surface area contributed by atoms with Gasteiger partial charge in [-0.3, -0.25) is 0 Å². The molecule has 0 atom stereocenters. The van der Waals surface area contributed by atoms with Crippen LogP contribution in [-0.2, 0) is 14.2 Å². The normalized spacial score (nSPS) is 16.6. The Morgan fingerprint density at radius 2 is 2.05 bits per heavy atom. The van der Waals surface area contributed by atoms with Crippen molar-refractivity contribution >= 4 is 6.08 Å². The Morgan fingerprint density at radius 3 is 2.71 bits per heavy atom. The van der Waals surface area contributed by atoms with Crippen molar-refractivity contribution in [2.45, 2.75) is 20.1 Å². The Labute approximate surface area is 124 Å². The Hall–Kier alpha value is -1.59. The summed E-state index contributed by atoms with van der Waals surface area (Å²) in [5, 5.41) is 0. The topological polar surface area (TPSA) is 36.9 Å². The molecule has 2 rings (SSSR count). The third kappa shape index (κ3) is 4.19. The second kappa shape index (κ2) is 6.91. The minimum atomic E-state index is -0.320. The highest BCUT2D eigenvalue weighted by Gasteiger charge is 2.35. The number of hydrogen-bond acceptors (Lipinski definition) is 4. The van der Waals surface area contributed by atoms with Crippen LogP contribution >= 0.6 is 0 Å². The van der Waals surface area contributed by atoms with Crippen molar-refractivity contribution in [2.24, 2.45) is 5.41 Å². The van der Waals surface area contributed by atoms with Gasteiger partial charge in [0.25, 0.3) is 0 Å². The molecule has 0 unspecified atom stereocenters. The molecule has 0 bridgehead atoms. The standard InChI is InChI=1S/C16H21FO4/c1-16(2,15-19-8-9-20-15)11-21-14-5-4-13(17)10-12(14)6-7-18-3/h4-7,10,15H,8-9,11H2,1-3H3/b7-6-. The third-order valence-corrected chi connectivity index (χ3v) is 3.22. The van der Waals surface area contributed by atoms with Gasteiger partial charge in [-0.05, 0) is 24.3 Å². The van der Waals surface area contributed by atoms with E-state index in [1.54, 1.807) is 12.1 Å². The van der Waals surface area contributed by atoms with Gasteiger partial charge in [-0.15, -0.1) is 0 Å². The van der Waals surface area contributed by atoms with Crippen LogP contribution in [0.25, 0.3) is 6.08 Å². The van der Waals surface area contributed by atoms with Crippen molar-refractivity contribution in [3.05, 3.63) is 35.8 Å². The first-order valence-electron chi connectivity index (χ1n) is 6.88. The van der Waals surface area contributed by atoms with Crippen LogP contribution in [-0.4, -0.2) is 33.2 Å². The summed E-state index contributed by atoms with van der Waals surface area (Å²) in [7, 11) is 1.54. The van der Waals surface area contributed by atoms with Crippen LogP contribution in [0.1, 0.15) is 19.4 Å². The molecule has 1 saturated heterocycles. The van der Waals surface area contributed by atoms with Crippen molar-refractivity contribution < 1.29 is 23.3 Å². The summed E-state index contributed by atoms with van der Waals surface area (Å²) in [6, 6.07) is 4.38. The minimum Gasteiger partial charge on any atom is -0.504 e. The van der Waals surface area contributed by atoms with Crippen molar-refractivity contribution in [1.82, 2.24) is 0 Å². The highest BCUT2D eigenvalue weighted by molar-refractivity contribution is 5.56. The first-order chi connectivity index (χ1) is 10.0. The fraction of sp³-hybridized carbons (Fsp3) is 0.500. The molecule has 4 nitrogen and oxygen atoms in total. The van der Waals surface area contributed by atoms with Gasteiger partial charge in [0.05, 0.1) is 33.2 Å². The number of methoxy groups -OCH3 is 1. The van der Waals surface area contributed by atoms with E-state index in [1.807, 2.05) is 13.8 Å². The number of ether oxygens (including phenoxy) is 4. The van der Waals surface area contributed by atoms with Crippen molar-refractivity contribution in [2.75, 3.05) is 26.9 Å². The highest BCUT2D eigenvalue weighted by Crippen LogP contribution is 2.30. The Kier molecular flexibility index (Phi) is 5.20. The lowest BCUT2D eigenvalue weighted by atomic mass is 9.94. The fourth-order valence-corrected chi connectivity index (χ4v) is 2.06. The number of benzene rings is 1. The predicted octanol–water partition coefficient (Wildman–Crippen LogP) is 3.22. The van der Waals surface area contributed by atoms with Crippen LogP contribution < -0.4 is 4.74 Å². The summed E-state index contributed by atoms with van der Waals surface area (Å²) in [6.07, 6.45) is 2.86. The quantitative estimate of drug-likeness (QED) is 0.755. The molecule has 116 valence electrons. The van der Waals surface area contributed by atoms with Crippen molar-refractivity contribution in [3.63, 3.8) is 0 Å². The van der Waals surface area contributed by atoms with Crippen LogP contribution in [0.3, 0.4) is 0 Å². The zero-order chi connectivity index (χ0) is 15.3. The van der Waals surface area contributed by atoms with Gasteiger partial charge in [-0.25, -0.2) is 4.39 Å². The third-order valence-electron chi connectivity index (χ3n) is 3.22. The zero-order valence-electron chi connectivity index (χ0n) is 12.6. The molecule has 1 aromatic rings. The van der Waals surface area contributed by atoms with Gasteiger partial charge in [0, 0.05) is 11.0 Å². The second-order valence-electron chi connectivity index (χ2n) is 5.57. The minimum absolute atomic E-state index is 0.282. The first-order valence-corrected chi connectivity index (χ1v) is 6.88. The number of rotatable bonds is 6. The van der Waals surface area contributed by atoms with Gasteiger partial charge in [0.2, 0.25) is 0 Å². The zero-order valence-corrected chi connectivity index (χ0v) is 12.6. The maximum absolute atomic E-state index is 13.3. The number of hydrogen-bond donors (Lipinski definition) is 0. The molecular formula is C16H21FO4. The van der Waals surface area contributed by atoms with Crippen LogP contribution in [0.4, 0.5) is 4.39 Å². The summed E-state index contributed by atoms with van der Waals surface area (Å²) in [5.74, 6) is 0.274. The Balaban J connectivity index is 2.06. The smallest absolute Gasteiger partial charge is 0.166 e. The molecule has 1 aliphatic rings. The van der Waals surface area contributed by atoms with Gasteiger partial charge in [-0.1, -0.05) is 13.8 Å². The van der Waals surface area contributed by atoms with E-state index in [-0.39, 0.29) is 17.5 Å². The van der Waals surface area contributed by atoms with Gasteiger partial charge in [-0.2, -0.15) is 0 Å². The van der Waals surface area contributed by atoms with Crippen molar-refractivity contribution in [3.8, 4) is 5.75 Å². The molecule has 1 heterocycles. The highest BCUT2D eigenvalue weighted by atomic mass is 19.1. The second-order valence-corrected chi connectivity index (χ2v) is 5.57. The first kappa shape index (κ1) is 15.8. The van der Waals surface area contributed by atoms with E-state index in [9.17, 15) is 4.39 Å². The van der Waals surface area contributed by atoms with E-state index in [4.69, 9.17) is 18.9 Å². The average molecular weight is 296 g/mol. The molecule has 0 aromatic heterocycles. The van der Waals surface area contributed by atoms with Crippen LogP contribution in [0.15, 0.2) is 24.5 Å². The molecule has 0 spiro atoms. The lowest BCUT2D eigenvalue weighted by Crippen LogP contribution is -2.36. The van der Waals surface area contributed by atoms with E-state index in [2.05, 4.69) is 0 Å². The molecular weight excluding hydrogens is 275 g/mol. The maximum atomic E-state index is 13.3. The molecule has 0 saturated carbocycles. The van der Waals surface area contributed by atoms with E-state index >= 15 is 0 Å². The monoisotopic (exact) mass is 296 g/mol. The molecule has 1 aliphatic heterocycles. The molecule has 21 heavy (non-hydrogen) atoms. The summed E-state index contributed by atoms with van der Waals surface area (Å²) >= 11 is 0. The Morgan fingerprint density at radius 1 is 1.33 bits per heavy atom. The van der Waals surface area contributed by atoms with Crippen LogP contribution in [0, 0.1) is 11.2 Å². The molecule has 0 radical (unpaired) electrons. The lowest BCUT2D eigenvalue weighted by Gasteiger charge is -2.29. The van der Waals surface area contributed by atoms with E-state index in [1.165, 1.54) is 25.5 Å². The summed E-state index contributed by atoms with van der Waals surface area (Å²) in [5.41, 5.74) is 0.327. The molecule has 0 N–H and O–H groups in total. The van der Waals surface area contributed by atoms with Gasteiger partial charge < -0.3 is 18.9 Å². The van der Waals surface area contributed by atoms with Gasteiger partial charge in [0.15, 0.2) is 6.29 Å². The molecule has 1 aromatic carbocycles. The van der Waals surface area contributed by atoms with Crippen molar-refractivity contribution in [1.29, 1.82) is 0 Å². The van der Waals surface area contributed by atoms with E-state index in [0.717, 1.165) is 0 Å². The molecule has 0 amide bonds. The molecule has 1 fully saturated rings. The average Bonchev–Trinajstić information content (AvgIpc) is 2.99. The molecule has 0 aliphatic carbocycles.